The van der Waals surface area contributed by atoms with Crippen molar-refractivity contribution < 1.29 is 14.3 Å². The van der Waals surface area contributed by atoms with Gasteiger partial charge in [0.25, 0.3) is 0 Å². The topological polar surface area (TPSA) is 99.4 Å². The third-order valence-electron chi connectivity index (χ3n) is 8.01. The van der Waals surface area contributed by atoms with Crippen molar-refractivity contribution in [1.29, 1.82) is 0 Å². The molecule has 5 heterocycles. The molecule has 1 saturated heterocycles. The Morgan fingerprint density at radius 2 is 2.00 bits per heavy atom. The van der Waals surface area contributed by atoms with E-state index in [9.17, 15) is 14.3 Å². The van der Waals surface area contributed by atoms with E-state index < -0.39 is 0 Å². The second-order valence-electron chi connectivity index (χ2n) is 11.7. The Bertz CT molecular complexity index is 1550. The second-order valence-corrected chi connectivity index (χ2v) is 11.7. The largest absolute Gasteiger partial charge is 0.494 e. The summed E-state index contributed by atoms with van der Waals surface area (Å²) in [6, 6.07) is 12.2. The molecule has 2 N–H and O–H groups in total. The van der Waals surface area contributed by atoms with Crippen LogP contribution >= 0.6 is 0 Å². The lowest BCUT2D eigenvalue weighted by Gasteiger charge is -2.39. The number of aromatic hydroxyl groups is 1. The average Bonchev–Trinajstić information content (AvgIpc) is 3.39. The van der Waals surface area contributed by atoms with Crippen LogP contribution < -0.4 is 10.2 Å². The lowest BCUT2D eigenvalue weighted by Crippen LogP contribution is -2.59. The maximum atomic E-state index is 13.9. The summed E-state index contributed by atoms with van der Waals surface area (Å²) < 4.78 is 15.2. The number of nitrogens with one attached hydrogen (secondary N) is 1. The summed E-state index contributed by atoms with van der Waals surface area (Å²) in [5.74, 6) is -0.0783. The molecule has 2 aliphatic heterocycles. The van der Waals surface area contributed by atoms with Gasteiger partial charge in [0, 0.05) is 62.5 Å². The van der Waals surface area contributed by atoms with Crippen LogP contribution in [0.1, 0.15) is 37.7 Å². The third kappa shape index (κ3) is 5.04. The molecule has 0 bridgehead atoms. The third-order valence-corrected chi connectivity index (χ3v) is 8.01. The molecule has 0 radical (unpaired) electrons. The van der Waals surface area contributed by atoms with Gasteiger partial charge >= 0.3 is 0 Å². The van der Waals surface area contributed by atoms with Gasteiger partial charge in [-0.25, -0.2) is 4.39 Å². The fourth-order valence-electron chi connectivity index (χ4n) is 5.89. The first-order valence-electron chi connectivity index (χ1n) is 13.7. The predicted octanol–water partition coefficient (Wildman–Crippen LogP) is 3.25. The van der Waals surface area contributed by atoms with Gasteiger partial charge < -0.3 is 19.9 Å². The van der Waals surface area contributed by atoms with E-state index in [4.69, 9.17) is 0 Å². The monoisotopic (exact) mass is 543 g/mol. The molecule has 0 spiro atoms. The van der Waals surface area contributed by atoms with Crippen LogP contribution in [-0.4, -0.2) is 73.9 Å². The molecule has 1 fully saturated rings. The Morgan fingerprint density at radius 3 is 2.77 bits per heavy atom. The molecule has 40 heavy (non-hydrogen) atoms. The van der Waals surface area contributed by atoms with Gasteiger partial charge in [0.05, 0.1) is 34.5 Å². The van der Waals surface area contributed by atoms with Crippen LogP contribution in [0, 0.1) is 5.82 Å². The summed E-state index contributed by atoms with van der Waals surface area (Å²) in [5.41, 5.74) is 3.69. The Kier molecular flexibility index (Phi) is 6.75. The first-order valence-corrected chi connectivity index (χ1v) is 13.7. The Labute approximate surface area is 232 Å². The van der Waals surface area contributed by atoms with Crippen molar-refractivity contribution >= 4 is 22.5 Å². The van der Waals surface area contributed by atoms with Crippen LogP contribution in [0.3, 0.4) is 0 Å². The second kappa shape index (κ2) is 10.3. The summed E-state index contributed by atoms with van der Waals surface area (Å²) in [7, 11) is 0. The van der Waals surface area contributed by atoms with Gasteiger partial charge in [-0.05, 0) is 42.8 Å². The van der Waals surface area contributed by atoms with Crippen molar-refractivity contribution in [2.45, 2.75) is 51.2 Å². The Balaban J connectivity index is 1.22. The average molecular weight is 544 g/mol. The van der Waals surface area contributed by atoms with Crippen molar-refractivity contribution in [3.05, 3.63) is 77.6 Å². The number of hydrogen-bond donors (Lipinski definition) is 2. The molecule has 0 aliphatic carbocycles. The molecule has 0 saturated carbocycles. The molecular weight excluding hydrogens is 509 g/mol. The first kappa shape index (κ1) is 26.3. The molecular formula is C30H34FN7O2. The minimum absolute atomic E-state index is 0.00699. The molecule has 9 nitrogen and oxygen atoms in total. The zero-order valence-corrected chi connectivity index (χ0v) is 23.0. The molecule has 3 aromatic heterocycles. The summed E-state index contributed by atoms with van der Waals surface area (Å²) in [5, 5.41) is 24.0. The first-order chi connectivity index (χ1) is 19.2. The molecule has 1 amide bonds. The van der Waals surface area contributed by atoms with Gasteiger partial charge in [-0.2, -0.15) is 10.2 Å². The number of pyridine rings is 1. The van der Waals surface area contributed by atoms with E-state index in [0.29, 0.717) is 32.6 Å². The van der Waals surface area contributed by atoms with Crippen molar-refractivity contribution in [2.75, 3.05) is 31.1 Å². The van der Waals surface area contributed by atoms with Gasteiger partial charge in [-0.1, -0.05) is 26.0 Å². The molecule has 2 atom stereocenters. The lowest BCUT2D eigenvalue weighted by atomic mass is 9.91. The molecule has 10 heteroatoms. The van der Waals surface area contributed by atoms with Crippen LogP contribution in [0.4, 0.5) is 10.1 Å². The minimum Gasteiger partial charge on any atom is -0.494 e. The fourth-order valence-corrected chi connectivity index (χ4v) is 5.89. The number of rotatable bonds is 6. The number of benzene rings is 1. The normalized spacial score (nSPS) is 20.6. The summed E-state index contributed by atoms with van der Waals surface area (Å²) in [6.45, 7) is 9.00. The van der Waals surface area contributed by atoms with E-state index in [0.717, 1.165) is 33.5 Å². The van der Waals surface area contributed by atoms with Crippen LogP contribution in [0.5, 0.6) is 5.88 Å². The molecule has 2 aliphatic rings. The number of amides is 1. The van der Waals surface area contributed by atoms with Crippen molar-refractivity contribution in [2.24, 2.45) is 0 Å². The van der Waals surface area contributed by atoms with Gasteiger partial charge in [-0.3, -0.25) is 14.7 Å². The highest BCUT2D eigenvalue weighted by Crippen LogP contribution is 2.39. The molecule has 0 unspecified atom stereocenters. The van der Waals surface area contributed by atoms with Crippen LogP contribution in [-0.2, 0) is 23.2 Å². The van der Waals surface area contributed by atoms with Crippen LogP contribution in [0.25, 0.3) is 10.9 Å². The predicted molar refractivity (Wildman–Crippen MR) is 151 cm³/mol. The Morgan fingerprint density at radius 1 is 1.20 bits per heavy atom. The zero-order chi connectivity index (χ0) is 28.0. The highest BCUT2D eigenvalue weighted by molar-refractivity contribution is 5.97. The molecule has 1 aromatic carbocycles. The molecule has 6 rings (SSSR count). The van der Waals surface area contributed by atoms with E-state index in [1.807, 2.05) is 33.9 Å². The number of aromatic nitrogens is 4. The quantitative estimate of drug-likeness (QED) is 0.385. The SMILES string of the molecule is C[C@@H]1CN(CC(=O)N2CC(C)(C)c3nnc(Cc4ccc(F)cc4)cc32)[C@@H](Cn2cc3ncccc3c2O)CN1. The highest BCUT2D eigenvalue weighted by Gasteiger charge is 2.41. The van der Waals surface area contributed by atoms with E-state index in [-0.39, 0.29) is 41.6 Å². The molecule has 4 aromatic rings. The number of nitrogens with zero attached hydrogens (tertiary/aromatic N) is 6. The van der Waals surface area contributed by atoms with Gasteiger partial charge in [-0.15, -0.1) is 0 Å². The van der Waals surface area contributed by atoms with Gasteiger partial charge in [0.1, 0.15) is 5.82 Å². The standard InChI is InChI=1S/C30H34FN7O2/c1-19-14-36(23(13-33-19)15-37-16-25-24(29(37)40)5-4-10-32-25)17-27(39)38-18-30(2,3)28-26(38)12-22(34-35-28)11-20-6-8-21(31)9-7-20/h4-10,12,16,19,23,33,40H,11,13-15,17-18H2,1-3H3/t19-,23-/m1/s1. The van der Waals surface area contributed by atoms with Crippen LogP contribution in [0.15, 0.2) is 54.9 Å². The maximum Gasteiger partial charge on any atom is 0.241 e. The number of piperazine rings is 1. The number of hydrogen-bond acceptors (Lipinski definition) is 7. The zero-order valence-electron chi connectivity index (χ0n) is 23.0. The van der Waals surface area contributed by atoms with E-state index in [1.165, 1.54) is 12.1 Å². The van der Waals surface area contributed by atoms with Crippen molar-refractivity contribution in [3.63, 3.8) is 0 Å². The van der Waals surface area contributed by atoms with Gasteiger partial charge in [0.2, 0.25) is 11.8 Å². The Hall–Kier alpha value is -3.89. The van der Waals surface area contributed by atoms with Gasteiger partial charge in [0.15, 0.2) is 0 Å². The summed E-state index contributed by atoms with van der Waals surface area (Å²) in [6.07, 6.45) is 4.08. The maximum absolute atomic E-state index is 13.9. The number of fused-ring (bicyclic) bond motifs is 2. The highest BCUT2D eigenvalue weighted by atomic mass is 19.1. The number of anilines is 1. The molecule has 208 valence electrons. The van der Waals surface area contributed by atoms with Crippen molar-refractivity contribution in [3.8, 4) is 5.88 Å². The van der Waals surface area contributed by atoms with E-state index >= 15 is 0 Å². The lowest BCUT2D eigenvalue weighted by molar-refractivity contribution is -0.120. The number of halogens is 1. The number of carbonyl (C=O) groups excluding carboxylic acids is 1. The number of carbonyl (C=O) groups is 1. The minimum atomic E-state index is -0.327. The summed E-state index contributed by atoms with van der Waals surface area (Å²) >= 11 is 0. The smallest absolute Gasteiger partial charge is 0.241 e. The fraction of sp³-hybridized carbons (Fsp3) is 0.400. The summed E-state index contributed by atoms with van der Waals surface area (Å²) in [4.78, 5) is 22.3. The van der Waals surface area contributed by atoms with Crippen molar-refractivity contribution in [1.82, 2.24) is 30.0 Å². The van der Waals surface area contributed by atoms with E-state index in [1.54, 1.807) is 18.3 Å². The van der Waals surface area contributed by atoms with Crippen LogP contribution in [0.2, 0.25) is 0 Å². The van der Waals surface area contributed by atoms with E-state index in [2.05, 4.69) is 46.2 Å².